The summed E-state index contributed by atoms with van der Waals surface area (Å²) in [6.07, 6.45) is 4.40. The molecule has 3 heteroatoms. The summed E-state index contributed by atoms with van der Waals surface area (Å²) >= 11 is 0. The molecule has 0 spiro atoms. The molecular weight excluding hydrogens is 236 g/mol. The number of benzene rings is 1. The van der Waals surface area contributed by atoms with Crippen LogP contribution in [0.4, 0.5) is 4.79 Å². The van der Waals surface area contributed by atoms with Crippen LogP contribution in [-0.2, 0) is 6.54 Å². The van der Waals surface area contributed by atoms with Gasteiger partial charge in [0.15, 0.2) is 0 Å². The Morgan fingerprint density at radius 2 is 2.05 bits per heavy atom. The van der Waals surface area contributed by atoms with Crippen LogP contribution in [0.2, 0.25) is 0 Å². The Morgan fingerprint density at radius 1 is 1.37 bits per heavy atom. The lowest BCUT2D eigenvalue weighted by atomic mass is 10.2. The third-order valence-corrected chi connectivity index (χ3v) is 3.53. The zero-order chi connectivity index (χ0) is 13.7. The number of nitrogens with one attached hydrogen (secondary N) is 1. The zero-order valence-electron chi connectivity index (χ0n) is 11.7. The molecule has 1 N–H and O–H groups in total. The van der Waals surface area contributed by atoms with E-state index in [1.54, 1.807) is 0 Å². The van der Waals surface area contributed by atoms with Crippen molar-refractivity contribution in [2.45, 2.75) is 33.2 Å². The molecule has 1 fully saturated rings. The highest BCUT2D eigenvalue weighted by atomic mass is 16.2. The van der Waals surface area contributed by atoms with Gasteiger partial charge in [-0.05, 0) is 38.2 Å². The van der Waals surface area contributed by atoms with Crippen molar-refractivity contribution < 1.29 is 4.79 Å². The van der Waals surface area contributed by atoms with Crippen molar-refractivity contribution in [2.75, 3.05) is 6.54 Å². The molecule has 0 aliphatic heterocycles. The number of hydrogen-bond donors (Lipinski definition) is 1. The smallest absolute Gasteiger partial charge is 0.321 e. The largest absolute Gasteiger partial charge is 0.321 e. The molecule has 0 bridgehead atoms. The average Bonchev–Trinajstić information content (AvgIpc) is 3.27. The first kappa shape index (κ1) is 13.7. The number of hydrogen-bond acceptors (Lipinski definition) is 1. The quantitative estimate of drug-likeness (QED) is 0.861. The molecule has 2 amide bonds. The molecule has 1 saturated carbocycles. The summed E-state index contributed by atoms with van der Waals surface area (Å²) in [6.45, 7) is 5.45. The van der Waals surface area contributed by atoms with Crippen LogP contribution in [0.3, 0.4) is 0 Å². The Balaban J connectivity index is 1.89. The molecule has 1 aromatic rings. The molecule has 0 aromatic heterocycles. The van der Waals surface area contributed by atoms with Crippen LogP contribution in [0.5, 0.6) is 0 Å². The fourth-order valence-electron chi connectivity index (χ4n) is 2.05. The van der Waals surface area contributed by atoms with E-state index in [0.717, 1.165) is 5.56 Å². The summed E-state index contributed by atoms with van der Waals surface area (Å²) in [6, 6.07) is 10.0. The van der Waals surface area contributed by atoms with Crippen molar-refractivity contribution in [3.63, 3.8) is 0 Å². The third kappa shape index (κ3) is 4.12. The van der Waals surface area contributed by atoms with E-state index in [9.17, 15) is 4.79 Å². The lowest BCUT2D eigenvalue weighted by Crippen LogP contribution is -2.37. The monoisotopic (exact) mass is 258 g/mol. The number of amides is 2. The summed E-state index contributed by atoms with van der Waals surface area (Å²) in [5.74, 6) is 0.699. The fourth-order valence-corrected chi connectivity index (χ4v) is 2.05. The highest BCUT2D eigenvalue weighted by Gasteiger charge is 2.23. The fraction of sp³-hybridized carbons (Fsp3) is 0.438. The second-order valence-corrected chi connectivity index (χ2v) is 5.11. The summed E-state index contributed by atoms with van der Waals surface area (Å²) in [5, 5.41) is 2.90. The topological polar surface area (TPSA) is 32.3 Å². The molecule has 0 unspecified atom stereocenters. The number of carbonyl (C=O) groups is 1. The van der Waals surface area contributed by atoms with Crippen molar-refractivity contribution in [3.05, 3.63) is 47.7 Å². The van der Waals surface area contributed by atoms with Gasteiger partial charge in [0.2, 0.25) is 0 Å². The van der Waals surface area contributed by atoms with Crippen LogP contribution in [0, 0.1) is 5.92 Å². The Hall–Kier alpha value is -1.77. The van der Waals surface area contributed by atoms with E-state index in [0.29, 0.717) is 19.0 Å². The van der Waals surface area contributed by atoms with E-state index in [1.807, 2.05) is 48.4 Å². The number of allylic oxidation sites excluding steroid dienone is 1. The van der Waals surface area contributed by atoms with Gasteiger partial charge >= 0.3 is 6.03 Å². The van der Waals surface area contributed by atoms with Gasteiger partial charge < -0.3 is 10.2 Å². The highest BCUT2D eigenvalue weighted by molar-refractivity contribution is 5.75. The van der Waals surface area contributed by atoms with Gasteiger partial charge in [0.05, 0.1) is 0 Å². The van der Waals surface area contributed by atoms with Crippen molar-refractivity contribution in [1.82, 2.24) is 10.2 Å². The third-order valence-electron chi connectivity index (χ3n) is 3.53. The molecular formula is C16H22N2O. The number of urea groups is 1. The predicted molar refractivity (Wildman–Crippen MR) is 77.5 cm³/mol. The molecule has 0 saturated heterocycles. The van der Waals surface area contributed by atoms with Gasteiger partial charge in [-0.15, -0.1) is 0 Å². The second-order valence-electron chi connectivity index (χ2n) is 5.11. The average molecular weight is 258 g/mol. The normalized spacial score (nSPS) is 15.2. The maximum absolute atomic E-state index is 12.1. The molecule has 3 nitrogen and oxygen atoms in total. The number of carbonyl (C=O) groups excluding carboxylic acids is 1. The lowest BCUT2D eigenvalue weighted by molar-refractivity contribution is 0.202. The second kappa shape index (κ2) is 6.41. The first-order chi connectivity index (χ1) is 9.20. The minimum Gasteiger partial charge on any atom is -0.321 e. The summed E-state index contributed by atoms with van der Waals surface area (Å²) < 4.78 is 0. The van der Waals surface area contributed by atoms with Gasteiger partial charge in [0.1, 0.15) is 0 Å². The minimum absolute atomic E-state index is 0.0219. The van der Waals surface area contributed by atoms with Crippen LogP contribution >= 0.6 is 0 Å². The molecule has 0 radical (unpaired) electrons. The van der Waals surface area contributed by atoms with Crippen molar-refractivity contribution in [2.24, 2.45) is 5.92 Å². The van der Waals surface area contributed by atoms with Crippen LogP contribution < -0.4 is 5.32 Å². The van der Waals surface area contributed by atoms with E-state index < -0.39 is 0 Å². The first-order valence-corrected chi connectivity index (χ1v) is 6.96. The maximum Gasteiger partial charge on any atom is 0.321 e. The summed E-state index contributed by atoms with van der Waals surface area (Å²) in [5.41, 5.74) is 2.44. The molecule has 0 heterocycles. The van der Waals surface area contributed by atoms with Gasteiger partial charge in [-0.25, -0.2) is 4.79 Å². The van der Waals surface area contributed by atoms with E-state index in [-0.39, 0.29) is 6.03 Å². The highest BCUT2D eigenvalue weighted by Crippen LogP contribution is 2.35. The van der Waals surface area contributed by atoms with Gasteiger partial charge in [-0.1, -0.05) is 35.9 Å². The van der Waals surface area contributed by atoms with E-state index in [4.69, 9.17) is 0 Å². The molecule has 2 rings (SSSR count). The Kier molecular flexibility index (Phi) is 4.61. The standard InChI is InChI=1S/C16H22N2O/c1-3-18(12-14-7-5-4-6-8-14)16(19)17-11-13(2)15-9-10-15/h4-8,11,15H,3,9-10,12H2,1-2H3,(H,17,19)/b13-11+. The van der Waals surface area contributed by atoms with Crippen molar-refractivity contribution >= 4 is 6.03 Å². The first-order valence-electron chi connectivity index (χ1n) is 6.96. The number of rotatable bonds is 5. The summed E-state index contributed by atoms with van der Waals surface area (Å²) in [4.78, 5) is 13.9. The Labute approximate surface area is 115 Å². The molecule has 0 atom stereocenters. The summed E-state index contributed by atoms with van der Waals surface area (Å²) in [7, 11) is 0. The van der Waals surface area contributed by atoms with Gasteiger partial charge in [0, 0.05) is 19.3 Å². The predicted octanol–water partition coefficient (Wildman–Crippen LogP) is 3.53. The van der Waals surface area contributed by atoms with Crippen LogP contribution in [0.15, 0.2) is 42.1 Å². The molecule has 102 valence electrons. The molecule has 1 aliphatic rings. The van der Waals surface area contributed by atoms with Gasteiger partial charge in [-0.2, -0.15) is 0 Å². The lowest BCUT2D eigenvalue weighted by Gasteiger charge is -2.20. The number of nitrogens with zero attached hydrogens (tertiary/aromatic N) is 1. The van der Waals surface area contributed by atoms with E-state index in [2.05, 4.69) is 12.2 Å². The van der Waals surface area contributed by atoms with Crippen LogP contribution in [0.25, 0.3) is 0 Å². The Morgan fingerprint density at radius 3 is 2.63 bits per heavy atom. The van der Waals surface area contributed by atoms with Crippen LogP contribution in [0.1, 0.15) is 32.3 Å². The zero-order valence-corrected chi connectivity index (χ0v) is 11.7. The van der Waals surface area contributed by atoms with E-state index >= 15 is 0 Å². The van der Waals surface area contributed by atoms with Gasteiger partial charge in [0.25, 0.3) is 0 Å². The van der Waals surface area contributed by atoms with Crippen molar-refractivity contribution in [1.29, 1.82) is 0 Å². The molecule has 19 heavy (non-hydrogen) atoms. The maximum atomic E-state index is 12.1. The van der Waals surface area contributed by atoms with Crippen molar-refractivity contribution in [3.8, 4) is 0 Å². The van der Waals surface area contributed by atoms with Gasteiger partial charge in [-0.3, -0.25) is 0 Å². The molecule has 1 aromatic carbocycles. The Bertz CT molecular complexity index is 449. The SMILES string of the molecule is CCN(Cc1ccccc1)C(=O)N/C=C(\C)C1CC1. The minimum atomic E-state index is -0.0219. The molecule has 1 aliphatic carbocycles. The van der Waals surface area contributed by atoms with E-state index in [1.165, 1.54) is 18.4 Å². The van der Waals surface area contributed by atoms with Crippen LogP contribution in [-0.4, -0.2) is 17.5 Å².